The minimum atomic E-state index is -1.16. The van der Waals surface area contributed by atoms with Crippen molar-refractivity contribution in [2.24, 2.45) is 0 Å². The Morgan fingerprint density at radius 3 is 2.55 bits per heavy atom. The number of urea groups is 1. The molecule has 0 aromatic carbocycles. The molecule has 0 atom stereocenters. The Morgan fingerprint density at radius 1 is 1.20 bits per heavy atom. The lowest BCUT2D eigenvalue weighted by Gasteiger charge is -2.06. The van der Waals surface area contributed by atoms with Gasteiger partial charge in [0.1, 0.15) is 5.76 Å². The van der Waals surface area contributed by atoms with Crippen LogP contribution < -0.4 is 16.0 Å². The van der Waals surface area contributed by atoms with E-state index in [1.807, 2.05) is 6.92 Å². The van der Waals surface area contributed by atoms with Gasteiger partial charge in [-0.15, -0.1) is 0 Å². The van der Waals surface area contributed by atoms with Crippen LogP contribution in [-0.2, 0) is 11.3 Å². The number of carbonyl (C=O) groups is 3. The largest absolute Gasteiger partial charge is 0.475 e. The Kier molecular flexibility index (Phi) is 6.08. The molecule has 3 amide bonds. The van der Waals surface area contributed by atoms with E-state index in [0.717, 1.165) is 0 Å². The first-order chi connectivity index (χ1) is 9.52. The SMILES string of the molecule is CCNC(=O)CCNC(=O)NCc1ccc(C(=O)O)o1. The van der Waals surface area contributed by atoms with Crippen LogP contribution in [0.3, 0.4) is 0 Å². The molecule has 0 bridgehead atoms. The molecular weight excluding hydrogens is 266 g/mol. The minimum Gasteiger partial charge on any atom is -0.475 e. The lowest BCUT2D eigenvalue weighted by atomic mass is 10.4. The van der Waals surface area contributed by atoms with Gasteiger partial charge >= 0.3 is 12.0 Å². The number of carbonyl (C=O) groups excluding carboxylic acids is 2. The van der Waals surface area contributed by atoms with Gasteiger partial charge in [0.25, 0.3) is 0 Å². The Balaban J connectivity index is 2.22. The molecule has 1 heterocycles. The van der Waals surface area contributed by atoms with E-state index in [0.29, 0.717) is 12.3 Å². The summed E-state index contributed by atoms with van der Waals surface area (Å²) in [6, 6.07) is 2.33. The molecule has 8 heteroatoms. The number of carboxylic acids is 1. The van der Waals surface area contributed by atoms with Gasteiger partial charge in [0, 0.05) is 19.5 Å². The third-order valence-electron chi connectivity index (χ3n) is 2.31. The molecule has 0 aliphatic rings. The zero-order valence-electron chi connectivity index (χ0n) is 11.1. The summed E-state index contributed by atoms with van der Waals surface area (Å²) in [6.45, 7) is 2.65. The Labute approximate surface area is 115 Å². The molecule has 110 valence electrons. The second-order valence-electron chi connectivity index (χ2n) is 3.88. The van der Waals surface area contributed by atoms with Gasteiger partial charge in [-0.2, -0.15) is 0 Å². The van der Waals surface area contributed by atoms with Crippen molar-refractivity contribution in [3.63, 3.8) is 0 Å². The van der Waals surface area contributed by atoms with Gasteiger partial charge in [0.2, 0.25) is 11.7 Å². The van der Waals surface area contributed by atoms with Crippen LogP contribution in [0.4, 0.5) is 4.79 Å². The maximum absolute atomic E-state index is 11.4. The normalized spacial score (nSPS) is 9.85. The average Bonchev–Trinajstić information content (AvgIpc) is 2.85. The molecule has 20 heavy (non-hydrogen) atoms. The summed E-state index contributed by atoms with van der Waals surface area (Å²) in [6.07, 6.45) is 0.200. The molecule has 0 saturated heterocycles. The average molecular weight is 283 g/mol. The highest BCUT2D eigenvalue weighted by Gasteiger charge is 2.09. The number of rotatable bonds is 7. The van der Waals surface area contributed by atoms with Crippen LogP contribution in [0.25, 0.3) is 0 Å². The first kappa shape index (κ1) is 15.5. The zero-order valence-corrected chi connectivity index (χ0v) is 11.1. The Bertz CT molecular complexity index is 483. The summed E-state index contributed by atoms with van der Waals surface area (Å²) in [4.78, 5) is 33.1. The molecule has 0 spiro atoms. The van der Waals surface area contributed by atoms with Gasteiger partial charge in [0.15, 0.2) is 0 Å². The van der Waals surface area contributed by atoms with Gasteiger partial charge < -0.3 is 25.5 Å². The molecule has 0 radical (unpaired) electrons. The maximum Gasteiger partial charge on any atom is 0.371 e. The number of aromatic carboxylic acids is 1. The number of amides is 3. The van der Waals surface area contributed by atoms with Crippen molar-refractivity contribution in [3.8, 4) is 0 Å². The van der Waals surface area contributed by atoms with Crippen molar-refractivity contribution in [2.45, 2.75) is 19.9 Å². The second kappa shape index (κ2) is 7.82. The highest BCUT2D eigenvalue weighted by Crippen LogP contribution is 2.07. The number of hydrogen-bond acceptors (Lipinski definition) is 4. The van der Waals surface area contributed by atoms with Crippen LogP contribution in [-0.4, -0.2) is 36.1 Å². The first-order valence-electron chi connectivity index (χ1n) is 6.13. The molecule has 0 saturated carbocycles. The highest BCUT2D eigenvalue weighted by atomic mass is 16.4. The summed E-state index contributed by atoms with van der Waals surface area (Å²) in [5.74, 6) is -1.15. The lowest BCUT2D eigenvalue weighted by Crippen LogP contribution is -2.37. The molecule has 1 aromatic rings. The number of hydrogen-bond donors (Lipinski definition) is 4. The fraction of sp³-hybridized carbons (Fsp3) is 0.417. The smallest absolute Gasteiger partial charge is 0.371 e. The predicted octanol–water partition coefficient (Wildman–Crippen LogP) is 0.303. The number of carboxylic acid groups (broad SMARTS) is 1. The van der Waals surface area contributed by atoms with E-state index in [2.05, 4.69) is 16.0 Å². The van der Waals surface area contributed by atoms with Crippen LogP contribution in [0.15, 0.2) is 16.5 Å². The van der Waals surface area contributed by atoms with Crippen molar-refractivity contribution in [2.75, 3.05) is 13.1 Å². The van der Waals surface area contributed by atoms with Crippen LogP contribution in [0.1, 0.15) is 29.7 Å². The Hall–Kier alpha value is -2.51. The van der Waals surface area contributed by atoms with Gasteiger partial charge in [-0.25, -0.2) is 9.59 Å². The molecule has 0 unspecified atom stereocenters. The lowest BCUT2D eigenvalue weighted by molar-refractivity contribution is -0.120. The third-order valence-corrected chi connectivity index (χ3v) is 2.31. The van der Waals surface area contributed by atoms with E-state index in [9.17, 15) is 14.4 Å². The van der Waals surface area contributed by atoms with Crippen LogP contribution in [0.2, 0.25) is 0 Å². The van der Waals surface area contributed by atoms with Gasteiger partial charge in [-0.1, -0.05) is 0 Å². The first-order valence-corrected chi connectivity index (χ1v) is 6.13. The van der Waals surface area contributed by atoms with E-state index in [1.165, 1.54) is 12.1 Å². The molecular formula is C12H17N3O5. The summed E-state index contributed by atoms with van der Waals surface area (Å²) in [7, 11) is 0. The summed E-state index contributed by atoms with van der Waals surface area (Å²) < 4.78 is 4.96. The van der Waals surface area contributed by atoms with E-state index in [1.54, 1.807) is 0 Å². The number of furan rings is 1. The quantitative estimate of drug-likeness (QED) is 0.573. The number of nitrogens with one attached hydrogen (secondary N) is 3. The van der Waals surface area contributed by atoms with Crippen molar-refractivity contribution < 1.29 is 23.9 Å². The van der Waals surface area contributed by atoms with Crippen LogP contribution >= 0.6 is 0 Å². The van der Waals surface area contributed by atoms with Gasteiger partial charge in [-0.3, -0.25) is 4.79 Å². The molecule has 0 aliphatic carbocycles. The van der Waals surface area contributed by atoms with Crippen LogP contribution in [0.5, 0.6) is 0 Å². The Morgan fingerprint density at radius 2 is 1.95 bits per heavy atom. The van der Waals surface area contributed by atoms with Crippen molar-refractivity contribution >= 4 is 17.9 Å². The maximum atomic E-state index is 11.4. The van der Waals surface area contributed by atoms with E-state index < -0.39 is 12.0 Å². The molecule has 0 fully saturated rings. The minimum absolute atomic E-state index is 0.0697. The van der Waals surface area contributed by atoms with E-state index in [4.69, 9.17) is 9.52 Å². The highest BCUT2D eigenvalue weighted by molar-refractivity contribution is 5.84. The molecule has 8 nitrogen and oxygen atoms in total. The summed E-state index contributed by atoms with van der Waals surface area (Å²) in [5.41, 5.74) is 0. The fourth-order valence-electron chi connectivity index (χ4n) is 1.39. The standard InChI is InChI=1S/C12H17N3O5/c1-2-13-10(16)5-6-14-12(19)15-7-8-3-4-9(20-8)11(17)18/h3-4H,2,5-7H2,1H3,(H,13,16)(H,17,18)(H2,14,15,19). The monoisotopic (exact) mass is 283 g/mol. The summed E-state index contributed by atoms with van der Waals surface area (Å²) in [5, 5.41) is 16.3. The summed E-state index contributed by atoms with van der Waals surface area (Å²) >= 11 is 0. The van der Waals surface area contributed by atoms with Crippen LogP contribution in [0, 0.1) is 0 Å². The second-order valence-corrected chi connectivity index (χ2v) is 3.88. The van der Waals surface area contributed by atoms with Crippen molar-refractivity contribution in [1.82, 2.24) is 16.0 Å². The topological polar surface area (TPSA) is 121 Å². The molecule has 0 aliphatic heterocycles. The predicted molar refractivity (Wildman–Crippen MR) is 69.2 cm³/mol. The zero-order chi connectivity index (χ0) is 15.0. The van der Waals surface area contributed by atoms with E-state index in [-0.39, 0.29) is 31.2 Å². The van der Waals surface area contributed by atoms with Gasteiger partial charge in [-0.05, 0) is 19.1 Å². The van der Waals surface area contributed by atoms with Gasteiger partial charge in [0.05, 0.1) is 6.54 Å². The van der Waals surface area contributed by atoms with Crippen molar-refractivity contribution in [3.05, 3.63) is 23.7 Å². The molecule has 1 aromatic heterocycles. The third kappa shape index (κ3) is 5.42. The van der Waals surface area contributed by atoms with E-state index >= 15 is 0 Å². The molecule has 1 rings (SSSR count). The molecule has 4 N–H and O–H groups in total. The fourth-order valence-corrected chi connectivity index (χ4v) is 1.39. The van der Waals surface area contributed by atoms with Crippen molar-refractivity contribution in [1.29, 1.82) is 0 Å².